The van der Waals surface area contributed by atoms with Crippen LogP contribution in [0.25, 0.3) is 11.4 Å². The van der Waals surface area contributed by atoms with Crippen LogP contribution in [-0.2, 0) is 6.54 Å². The first-order valence-electron chi connectivity index (χ1n) is 5.80. The van der Waals surface area contributed by atoms with E-state index in [1.165, 1.54) is 0 Å². The molecule has 1 aromatic heterocycles. The van der Waals surface area contributed by atoms with Crippen LogP contribution < -0.4 is 5.32 Å². The van der Waals surface area contributed by atoms with Crippen LogP contribution in [0.15, 0.2) is 16.7 Å². The summed E-state index contributed by atoms with van der Waals surface area (Å²) in [6, 6.07) is 1.65. The Morgan fingerprint density at radius 1 is 1.21 bits per heavy atom. The molecule has 2 rings (SSSR count). The Bertz CT molecular complexity index is 548. The number of hydrogen-bond acceptors (Lipinski definition) is 4. The van der Waals surface area contributed by atoms with E-state index >= 15 is 0 Å². The number of rotatable bonds is 5. The lowest BCUT2D eigenvalue weighted by atomic mass is 10.2. The molecule has 1 heterocycles. The van der Waals surface area contributed by atoms with E-state index in [0.29, 0.717) is 12.4 Å². The number of aromatic nitrogens is 2. The van der Waals surface area contributed by atoms with Crippen molar-refractivity contribution in [2.24, 2.45) is 0 Å². The van der Waals surface area contributed by atoms with E-state index in [0.717, 1.165) is 25.1 Å². The quantitative estimate of drug-likeness (QED) is 0.671. The van der Waals surface area contributed by atoms with Gasteiger partial charge >= 0.3 is 0 Å². The molecule has 0 aliphatic carbocycles. The summed E-state index contributed by atoms with van der Waals surface area (Å²) in [4.78, 5) is 3.97. The van der Waals surface area contributed by atoms with Gasteiger partial charge in [0.2, 0.25) is 11.7 Å². The van der Waals surface area contributed by atoms with Gasteiger partial charge in [-0.15, -0.1) is 0 Å². The number of nitrogens with zero attached hydrogens (tertiary/aromatic N) is 2. The first-order valence-corrected chi connectivity index (χ1v) is 5.80. The smallest absolute Gasteiger partial charge is 0.240 e. The van der Waals surface area contributed by atoms with Gasteiger partial charge in [-0.2, -0.15) is 4.98 Å². The minimum Gasteiger partial charge on any atom is -0.338 e. The molecule has 1 N–H and O–H groups in total. The normalized spacial score (nSPS) is 10.9. The molecule has 0 saturated heterocycles. The maximum Gasteiger partial charge on any atom is 0.240 e. The van der Waals surface area contributed by atoms with E-state index in [2.05, 4.69) is 15.5 Å². The molecule has 0 atom stereocenters. The Hall–Kier alpha value is -1.89. The lowest BCUT2D eigenvalue weighted by molar-refractivity contribution is 0.368. The minimum absolute atomic E-state index is 0.0195. The van der Waals surface area contributed by atoms with Gasteiger partial charge in [0.15, 0.2) is 17.5 Å². The molecule has 7 heteroatoms. The number of benzene rings is 1. The summed E-state index contributed by atoms with van der Waals surface area (Å²) in [5.41, 5.74) is 0.0295. The van der Waals surface area contributed by atoms with Crippen molar-refractivity contribution in [2.75, 3.05) is 6.54 Å². The van der Waals surface area contributed by atoms with Crippen LogP contribution in [0.2, 0.25) is 0 Å². The van der Waals surface area contributed by atoms with Crippen LogP contribution >= 0.6 is 0 Å². The average molecular weight is 271 g/mol. The van der Waals surface area contributed by atoms with Gasteiger partial charge < -0.3 is 9.84 Å². The largest absolute Gasteiger partial charge is 0.338 e. The van der Waals surface area contributed by atoms with Crippen LogP contribution in [0.5, 0.6) is 0 Å². The zero-order chi connectivity index (χ0) is 13.8. The van der Waals surface area contributed by atoms with Crippen molar-refractivity contribution in [1.82, 2.24) is 15.5 Å². The predicted molar refractivity (Wildman–Crippen MR) is 61.6 cm³/mol. The van der Waals surface area contributed by atoms with Gasteiger partial charge in [0.25, 0.3) is 0 Å². The first-order chi connectivity index (χ1) is 9.11. The molecule has 1 aromatic carbocycles. The summed E-state index contributed by atoms with van der Waals surface area (Å²) >= 11 is 0. The number of halogens is 3. The number of nitrogens with one attached hydrogen (secondary N) is 1. The zero-order valence-corrected chi connectivity index (χ0v) is 10.2. The first kappa shape index (κ1) is 13.5. The summed E-state index contributed by atoms with van der Waals surface area (Å²) in [5.74, 6) is -3.77. The van der Waals surface area contributed by atoms with Crippen LogP contribution in [-0.4, -0.2) is 16.7 Å². The van der Waals surface area contributed by atoms with Crippen LogP contribution in [0, 0.1) is 17.5 Å². The fourth-order valence-corrected chi connectivity index (χ4v) is 1.50. The van der Waals surface area contributed by atoms with E-state index in [1.807, 2.05) is 6.92 Å². The molecule has 0 amide bonds. The van der Waals surface area contributed by atoms with E-state index < -0.39 is 17.5 Å². The molecule has 0 aliphatic heterocycles. The molecular weight excluding hydrogens is 259 g/mol. The van der Waals surface area contributed by atoms with Crippen molar-refractivity contribution >= 4 is 0 Å². The second-order valence-electron chi connectivity index (χ2n) is 3.94. The predicted octanol–water partition coefficient (Wildman–Crippen LogP) is 2.65. The highest BCUT2D eigenvalue weighted by atomic mass is 19.2. The molecule has 102 valence electrons. The molecule has 19 heavy (non-hydrogen) atoms. The number of hydrogen-bond donors (Lipinski definition) is 1. The van der Waals surface area contributed by atoms with Gasteiger partial charge in [-0.3, -0.25) is 0 Å². The van der Waals surface area contributed by atoms with Crippen LogP contribution in [0.3, 0.4) is 0 Å². The lowest BCUT2D eigenvalue weighted by Gasteiger charge is -1.98. The zero-order valence-electron chi connectivity index (χ0n) is 10.2. The Kier molecular flexibility index (Phi) is 4.16. The Balaban J connectivity index is 2.18. The highest BCUT2D eigenvalue weighted by Crippen LogP contribution is 2.21. The maximum absolute atomic E-state index is 13.1. The fraction of sp³-hybridized carbons (Fsp3) is 0.333. The van der Waals surface area contributed by atoms with E-state index in [-0.39, 0.29) is 11.4 Å². The van der Waals surface area contributed by atoms with Crippen molar-refractivity contribution < 1.29 is 17.7 Å². The lowest BCUT2D eigenvalue weighted by Crippen LogP contribution is -2.13. The molecule has 0 radical (unpaired) electrons. The molecule has 0 saturated carbocycles. The van der Waals surface area contributed by atoms with Crippen molar-refractivity contribution in [2.45, 2.75) is 19.9 Å². The van der Waals surface area contributed by atoms with Gasteiger partial charge in [0.05, 0.1) is 6.54 Å². The second kappa shape index (κ2) is 5.83. The van der Waals surface area contributed by atoms with Crippen LogP contribution in [0.4, 0.5) is 13.2 Å². The average Bonchev–Trinajstić information content (AvgIpc) is 2.84. The summed E-state index contributed by atoms with van der Waals surface area (Å²) < 4.78 is 43.9. The summed E-state index contributed by atoms with van der Waals surface area (Å²) in [5, 5.41) is 6.64. The van der Waals surface area contributed by atoms with E-state index in [4.69, 9.17) is 4.52 Å². The van der Waals surface area contributed by atoms with Crippen molar-refractivity contribution in [1.29, 1.82) is 0 Å². The topological polar surface area (TPSA) is 51.0 Å². The highest BCUT2D eigenvalue weighted by Gasteiger charge is 2.15. The van der Waals surface area contributed by atoms with Gasteiger partial charge in [-0.05, 0) is 25.1 Å². The minimum atomic E-state index is -1.52. The standard InChI is InChI=1S/C12H12F3N3O/c1-2-3-16-6-10-17-12(18-19-10)7-4-8(13)11(15)9(14)5-7/h4-5,16H,2-3,6H2,1H3. The third-order valence-electron chi connectivity index (χ3n) is 2.41. The molecule has 0 fully saturated rings. The monoisotopic (exact) mass is 271 g/mol. The Morgan fingerprint density at radius 3 is 2.53 bits per heavy atom. The Morgan fingerprint density at radius 2 is 1.89 bits per heavy atom. The SMILES string of the molecule is CCCNCc1nc(-c2cc(F)c(F)c(F)c2)no1. The fourth-order valence-electron chi connectivity index (χ4n) is 1.50. The third-order valence-corrected chi connectivity index (χ3v) is 2.41. The molecule has 4 nitrogen and oxygen atoms in total. The van der Waals surface area contributed by atoms with Crippen molar-refractivity contribution in [3.8, 4) is 11.4 Å². The molecule has 0 bridgehead atoms. The summed E-state index contributed by atoms with van der Waals surface area (Å²) in [6.45, 7) is 3.17. The molecule has 0 spiro atoms. The molecule has 2 aromatic rings. The highest BCUT2D eigenvalue weighted by molar-refractivity contribution is 5.54. The van der Waals surface area contributed by atoms with Crippen molar-refractivity contribution in [3.05, 3.63) is 35.5 Å². The summed E-state index contributed by atoms with van der Waals surface area (Å²) in [6.07, 6.45) is 0.954. The van der Waals surface area contributed by atoms with E-state index in [1.54, 1.807) is 0 Å². The van der Waals surface area contributed by atoms with Gasteiger partial charge in [0, 0.05) is 5.56 Å². The van der Waals surface area contributed by atoms with Gasteiger partial charge in [0.1, 0.15) is 0 Å². The molecule has 0 aliphatic rings. The van der Waals surface area contributed by atoms with Gasteiger partial charge in [-0.25, -0.2) is 13.2 Å². The van der Waals surface area contributed by atoms with Gasteiger partial charge in [-0.1, -0.05) is 12.1 Å². The van der Waals surface area contributed by atoms with E-state index in [9.17, 15) is 13.2 Å². The Labute approximate surface area is 107 Å². The molecule has 0 unspecified atom stereocenters. The second-order valence-corrected chi connectivity index (χ2v) is 3.94. The molecular formula is C12H12F3N3O. The third kappa shape index (κ3) is 3.11. The van der Waals surface area contributed by atoms with Crippen LogP contribution in [0.1, 0.15) is 19.2 Å². The summed E-state index contributed by atoms with van der Waals surface area (Å²) in [7, 11) is 0. The van der Waals surface area contributed by atoms with Crippen molar-refractivity contribution in [3.63, 3.8) is 0 Å². The maximum atomic E-state index is 13.1.